The normalized spacial score (nSPS) is 12.0. The second kappa shape index (κ2) is 10.5. The van der Waals surface area contributed by atoms with Crippen LogP contribution in [-0.2, 0) is 11.4 Å². The molecule has 0 spiro atoms. The zero-order valence-corrected chi connectivity index (χ0v) is 16.8. The minimum atomic E-state index is -0.451. The second-order valence-corrected chi connectivity index (χ2v) is 6.44. The minimum Gasteiger partial charge on any atom is -0.490 e. The summed E-state index contributed by atoms with van der Waals surface area (Å²) in [6, 6.07) is 9.68. The maximum absolute atomic E-state index is 10.8. The number of benzene rings is 2. The minimum absolute atomic E-state index is 0.00878. The Bertz CT molecular complexity index is 841. The number of non-ortho nitro benzene ring substituents is 1. The van der Waals surface area contributed by atoms with Gasteiger partial charge in [-0.1, -0.05) is 35.8 Å². The first-order valence-corrected chi connectivity index (χ1v) is 9.34. The molecule has 0 saturated heterocycles. The van der Waals surface area contributed by atoms with E-state index in [1.165, 1.54) is 18.3 Å². The zero-order valence-electron chi connectivity index (χ0n) is 16.1. The molecule has 150 valence electrons. The second-order valence-electron chi connectivity index (χ2n) is 6.03. The molecule has 0 aromatic heterocycles. The standard InChI is InChI=1S/C20H23ClN2O5/c1-4-14(3)28-20-18(21)10-16(11-19(20)26-5-2)12-22-27-13-15-7-6-8-17(9-15)23(24)25/h6-12,14H,4-5,13H2,1-3H3/b22-12-/t14-/m1/s1. The highest BCUT2D eigenvalue weighted by atomic mass is 35.5. The molecular formula is C20H23ClN2O5. The number of ether oxygens (including phenoxy) is 2. The topological polar surface area (TPSA) is 83.2 Å². The molecule has 0 radical (unpaired) electrons. The van der Waals surface area contributed by atoms with Gasteiger partial charge in [0.05, 0.1) is 28.9 Å². The molecule has 0 amide bonds. The lowest BCUT2D eigenvalue weighted by Crippen LogP contribution is -2.11. The van der Waals surface area contributed by atoms with Crippen molar-refractivity contribution in [1.82, 2.24) is 0 Å². The van der Waals surface area contributed by atoms with E-state index in [9.17, 15) is 10.1 Å². The molecular weight excluding hydrogens is 384 g/mol. The predicted molar refractivity (Wildman–Crippen MR) is 108 cm³/mol. The summed E-state index contributed by atoms with van der Waals surface area (Å²) in [6.45, 7) is 6.45. The fourth-order valence-corrected chi connectivity index (χ4v) is 2.56. The first kappa shape index (κ1) is 21.5. The Balaban J connectivity index is 2.08. The van der Waals surface area contributed by atoms with Gasteiger partial charge in [-0.3, -0.25) is 10.1 Å². The zero-order chi connectivity index (χ0) is 20.5. The van der Waals surface area contributed by atoms with Crippen LogP contribution in [0.1, 0.15) is 38.3 Å². The SMILES string of the molecule is CCOc1cc(/C=N\OCc2cccc([N+](=O)[O-])c2)cc(Cl)c1O[C@H](C)CC. The van der Waals surface area contributed by atoms with Gasteiger partial charge in [0.2, 0.25) is 0 Å². The summed E-state index contributed by atoms with van der Waals surface area (Å²) in [6.07, 6.45) is 2.35. The predicted octanol–water partition coefficient (Wildman–Crippen LogP) is 5.37. The molecule has 2 rings (SSSR count). The van der Waals surface area contributed by atoms with Crippen LogP contribution in [0.15, 0.2) is 41.6 Å². The summed E-state index contributed by atoms with van der Waals surface area (Å²) in [4.78, 5) is 15.6. The van der Waals surface area contributed by atoms with Crippen molar-refractivity contribution < 1.29 is 19.2 Å². The van der Waals surface area contributed by atoms with E-state index < -0.39 is 4.92 Å². The number of nitro benzene ring substituents is 1. The number of rotatable bonds is 10. The molecule has 0 heterocycles. The van der Waals surface area contributed by atoms with Crippen LogP contribution in [0.2, 0.25) is 5.02 Å². The van der Waals surface area contributed by atoms with Crippen LogP contribution in [0.25, 0.3) is 0 Å². The van der Waals surface area contributed by atoms with Crippen LogP contribution in [0.5, 0.6) is 11.5 Å². The van der Waals surface area contributed by atoms with Gasteiger partial charge in [0, 0.05) is 17.7 Å². The van der Waals surface area contributed by atoms with Crippen LogP contribution in [0.3, 0.4) is 0 Å². The third kappa shape index (κ3) is 6.13. The maximum Gasteiger partial charge on any atom is 0.269 e. The molecule has 0 aliphatic rings. The molecule has 0 N–H and O–H groups in total. The Kier molecular flexibility index (Phi) is 8.07. The largest absolute Gasteiger partial charge is 0.490 e. The lowest BCUT2D eigenvalue weighted by atomic mass is 10.2. The summed E-state index contributed by atoms with van der Waals surface area (Å²) < 4.78 is 11.5. The molecule has 0 unspecified atom stereocenters. The van der Waals surface area contributed by atoms with E-state index in [1.54, 1.807) is 24.3 Å². The molecule has 0 saturated carbocycles. The van der Waals surface area contributed by atoms with Crippen LogP contribution in [0, 0.1) is 10.1 Å². The van der Waals surface area contributed by atoms with E-state index in [2.05, 4.69) is 5.16 Å². The third-order valence-corrected chi connectivity index (χ3v) is 4.14. The van der Waals surface area contributed by atoms with Crippen molar-refractivity contribution in [1.29, 1.82) is 0 Å². The van der Waals surface area contributed by atoms with Crippen LogP contribution >= 0.6 is 11.6 Å². The summed E-state index contributed by atoms with van der Waals surface area (Å²) in [5, 5.41) is 15.1. The number of halogens is 1. The lowest BCUT2D eigenvalue weighted by Gasteiger charge is -2.18. The molecule has 1 atom stereocenters. The number of oxime groups is 1. The van der Waals surface area contributed by atoms with Gasteiger partial charge in [-0.15, -0.1) is 0 Å². The number of hydrogen-bond acceptors (Lipinski definition) is 6. The number of hydrogen-bond donors (Lipinski definition) is 0. The summed E-state index contributed by atoms with van der Waals surface area (Å²) in [7, 11) is 0. The van der Waals surface area contributed by atoms with Crippen LogP contribution < -0.4 is 9.47 Å². The first-order valence-electron chi connectivity index (χ1n) is 8.96. The van der Waals surface area contributed by atoms with E-state index >= 15 is 0 Å². The Morgan fingerprint density at radius 2 is 2.07 bits per heavy atom. The maximum atomic E-state index is 10.8. The van der Waals surface area contributed by atoms with E-state index in [0.717, 1.165) is 6.42 Å². The average molecular weight is 407 g/mol. The average Bonchev–Trinajstić information content (AvgIpc) is 2.68. The molecule has 0 aliphatic carbocycles. The van der Waals surface area contributed by atoms with E-state index in [1.807, 2.05) is 20.8 Å². The van der Waals surface area contributed by atoms with Gasteiger partial charge in [0.1, 0.15) is 6.61 Å². The number of nitrogens with zero attached hydrogens (tertiary/aromatic N) is 2. The Hall–Kier alpha value is -2.80. The van der Waals surface area contributed by atoms with Gasteiger partial charge in [-0.25, -0.2) is 0 Å². The van der Waals surface area contributed by atoms with Crippen molar-refractivity contribution in [3.63, 3.8) is 0 Å². The molecule has 0 fully saturated rings. The lowest BCUT2D eigenvalue weighted by molar-refractivity contribution is -0.384. The van der Waals surface area contributed by atoms with Gasteiger partial charge in [-0.05, 0) is 38.0 Å². The van der Waals surface area contributed by atoms with Gasteiger partial charge in [0.15, 0.2) is 11.5 Å². The summed E-state index contributed by atoms with van der Waals surface area (Å²) in [5.74, 6) is 1.04. The smallest absolute Gasteiger partial charge is 0.269 e. The van der Waals surface area contributed by atoms with Crippen molar-refractivity contribution >= 4 is 23.5 Å². The first-order chi connectivity index (χ1) is 13.4. The molecule has 0 bridgehead atoms. The third-order valence-electron chi connectivity index (χ3n) is 3.85. The van der Waals surface area contributed by atoms with E-state index in [-0.39, 0.29) is 18.4 Å². The molecule has 0 aliphatic heterocycles. The molecule has 28 heavy (non-hydrogen) atoms. The highest BCUT2D eigenvalue weighted by Gasteiger charge is 2.14. The molecule has 2 aromatic rings. The monoisotopic (exact) mass is 406 g/mol. The highest BCUT2D eigenvalue weighted by Crippen LogP contribution is 2.37. The molecule has 2 aromatic carbocycles. The molecule has 7 nitrogen and oxygen atoms in total. The fraction of sp³-hybridized carbons (Fsp3) is 0.350. The molecule has 8 heteroatoms. The van der Waals surface area contributed by atoms with Crippen molar-refractivity contribution in [2.75, 3.05) is 6.61 Å². The Morgan fingerprint density at radius 3 is 2.75 bits per heavy atom. The van der Waals surface area contributed by atoms with Gasteiger partial charge >= 0.3 is 0 Å². The van der Waals surface area contributed by atoms with E-state index in [4.69, 9.17) is 25.9 Å². The van der Waals surface area contributed by atoms with Crippen LogP contribution in [0.4, 0.5) is 5.69 Å². The van der Waals surface area contributed by atoms with Crippen molar-refractivity contribution in [2.45, 2.75) is 39.9 Å². The van der Waals surface area contributed by atoms with Crippen molar-refractivity contribution in [2.24, 2.45) is 5.16 Å². The summed E-state index contributed by atoms with van der Waals surface area (Å²) >= 11 is 6.36. The van der Waals surface area contributed by atoms with Crippen molar-refractivity contribution in [3.05, 3.63) is 62.7 Å². The van der Waals surface area contributed by atoms with Crippen molar-refractivity contribution in [3.8, 4) is 11.5 Å². The van der Waals surface area contributed by atoms with Gasteiger partial charge < -0.3 is 14.3 Å². The number of nitro groups is 1. The highest BCUT2D eigenvalue weighted by molar-refractivity contribution is 6.32. The van der Waals surface area contributed by atoms with Gasteiger partial charge in [0.25, 0.3) is 5.69 Å². The van der Waals surface area contributed by atoms with E-state index in [0.29, 0.717) is 34.3 Å². The fourth-order valence-electron chi connectivity index (χ4n) is 2.29. The summed E-state index contributed by atoms with van der Waals surface area (Å²) in [5.41, 5.74) is 1.34. The Morgan fingerprint density at radius 1 is 1.29 bits per heavy atom. The van der Waals surface area contributed by atoms with Crippen LogP contribution in [-0.4, -0.2) is 23.8 Å². The quantitative estimate of drug-likeness (QED) is 0.300. The van der Waals surface area contributed by atoms with Gasteiger partial charge in [-0.2, -0.15) is 0 Å². The Labute approximate surface area is 169 Å².